The van der Waals surface area contributed by atoms with Gasteiger partial charge in [0, 0.05) is 29.7 Å². The molecular weight excluding hydrogens is 328 g/mol. The molecule has 22 heavy (non-hydrogen) atoms. The predicted octanol–water partition coefficient (Wildman–Crippen LogP) is 1.98. The molecule has 6 nitrogen and oxygen atoms in total. The number of halogens is 1. The van der Waals surface area contributed by atoms with Gasteiger partial charge < -0.3 is 5.11 Å². The summed E-state index contributed by atoms with van der Waals surface area (Å²) >= 11 is 6.01. The average Bonchev–Trinajstić information content (AvgIpc) is 2.97. The quantitative estimate of drug-likeness (QED) is 0.923. The van der Waals surface area contributed by atoms with Crippen molar-refractivity contribution in [3.8, 4) is 0 Å². The van der Waals surface area contributed by atoms with Crippen LogP contribution in [-0.2, 0) is 14.8 Å². The number of aliphatic carboxylic acids is 1. The fourth-order valence-electron chi connectivity index (χ4n) is 2.61. The Morgan fingerprint density at radius 2 is 2.18 bits per heavy atom. The monoisotopic (exact) mass is 340 g/mol. The first-order valence-electron chi connectivity index (χ1n) is 6.67. The maximum Gasteiger partial charge on any atom is 0.307 e. The van der Waals surface area contributed by atoms with Crippen LogP contribution >= 0.6 is 11.6 Å². The van der Waals surface area contributed by atoms with Gasteiger partial charge in [-0.15, -0.1) is 0 Å². The fourth-order valence-corrected chi connectivity index (χ4v) is 4.59. The van der Waals surface area contributed by atoms with Gasteiger partial charge in [-0.25, -0.2) is 8.42 Å². The summed E-state index contributed by atoms with van der Waals surface area (Å²) in [5.41, 5.74) is 0.339. The molecule has 1 aliphatic rings. The van der Waals surface area contributed by atoms with Gasteiger partial charge in [-0.2, -0.15) is 4.31 Å². The Hall–Kier alpha value is -1.70. The molecule has 0 radical (unpaired) electrons. The minimum atomic E-state index is -3.83. The van der Waals surface area contributed by atoms with Crippen molar-refractivity contribution in [3.05, 3.63) is 35.5 Å². The first-order valence-corrected chi connectivity index (χ1v) is 8.48. The van der Waals surface area contributed by atoms with Gasteiger partial charge in [-0.05, 0) is 24.6 Å². The Balaban J connectivity index is 2.09. The molecule has 1 fully saturated rings. The summed E-state index contributed by atoms with van der Waals surface area (Å²) in [5, 5.41) is 9.95. The number of carboxylic acids is 1. The third-order valence-electron chi connectivity index (χ3n) is 3.75. The van der Waals surface area contributed by atoms with E-state index in [1.807, 2.05) is 0 Å². The second-order valence-electron chi connectivity index (χ2n) is 5.17. The molecule has 1 saturated heterocycles. The van der Waals surface area contributed by atoms with Crippen LogP contribution in [0.1, 0.15) is 6.42 Å². The van der Waals surface area contributed by atoms with Crippen LogP contribution in [0, 0.1) is 5.92 Å². The van der Waals surface area contributed by atoms with Gasteiger partial charge in [0.05, 0.1) is 11.4 Å². The van der Waals surface area contributed by atoms with Gasteiger partial charge in [-0.1, -0.05) is 17.7 Å². The van der Waals surface area contributed by atoms with Crippen molar-refractivity contribution >= 4 is 38.5 Å². The van der Waals surface area contributed by atoms with Crippen LogP contribution in [0.25, 0.3) is 10.9 Å². The van der Waals surface area contributed by atoms with Crippen LogP contribution < -0.4 is 0 Å². The highest BCUT2D eigenvalue weighted by Crippen LogP contribution is 2.30. The van der Waals surface area contributed by atoms with E-state index in [4.69, 9.17) is 16.7 Å². The molecule has 1 unspecified atom stereocenters. The van der Waals surface area contributed by atoms with E-state index in [2.05, 4.69) is 4.98 Å². The fraction of sp³-hybridized carbons (Fsp3) is 0.286. The Morgan fingerprint density at radius 1 is 1.41 bits per heavy atom. The van der Waals surface area contributed by atoms with E-state index < -0.39 is 21.9 Å². The van der Waals surface area contributed by atoms with E-state index in [0.29, 0.717) is 22.3 Å². The first kappa shape index (κ1) is 15.2. The molecule has 0 spiro atoms. The van der Waals surface area contributed by atoms with Crippen LogP contribution in [-0.4, -0.2) is 41.9 Å². The van der Waals surface area contributed by atoms with Gasteiger partial charge in [-0.3, -0.25) is 9.78 Å². The minimum absolute atomic E-state index is 0.0154. The second kappa shape index (κ2) is 5.49. The summed E-state index contributed by atoms with van der Waals surface area (Å²) in [6.45, 7) is 0.151. The summed E-state index contributed by atoms with van der Waals surface area (Å²) < 4.78 is 26.8. The lowest BCUT2D eigenvalue weighted by atomic mass is 10.1. The number of carboxylic acid groups (broad SMARTS) is 1. The molecule has 0 aliphatic carbocycles. The van der Waals surface area contributed by atoms with Gasteiger partial charge in [0.25, 0.3) is 0 Å². The summed E-state index contributed by atoms with van der Waals surface area (Å²) in [6.07, 6.45) is 1.82. The zero-order chi connectivity index (χ0) is 15.9. The number of carbonyl (C=O) groups is 1. The maximum atomic E-state index is 12.8. The molecule has 0 amide bonds. The normalized spacial score (nSPS) is 19.6. The zero-order valence-corrected chi connectivity index (χ0v) is 13.0. The number of hydrogen-bond donors (Lipinski definition) is 1. The van der Waals surface area contributed by atoms with Crippen molar-refractivity contribution in [2.24, 2.45) is 5.92 Å². The van der Waals surface area contributed by atoms with Crippen molar-refractivity contribution in [2.75, 3.05) is 13.1 Å². The van der Waals surface area contributed by atoms with E-state index in [1.165, 1.54) is 16.6 Å². The molecule has 8 heteroatoms. The largest absolute Gasteiger partial charge is 0.481 e. The van der Waals surface area contributed by atoms with E-state index in [1.54, 1.807) is 18.2 Å². The number of sulfonamides is 1. The number of rotatable bonds is 3. The van der Waals surface area contributed by atoms with Crippen LogP contribution in [0.4, 0.5) is 0 Å². The lowest BCUT2D eigenvalue weighted by Gasteiger charge is -2.17. The smallest absolute Gasteiger partial charge is 0.307 e. The molecule has 3 rings (SSSR count). The lowest BCUT2D eigenvalue weighted by molar-refractivity contribution is -0.141. The molecule has 2 aromatic rings. The average molecular weight is 341 g/mol. The van der Waals surface area contributed by atoms with E-state index >= 15 is 0 Å². The van der Waals surface area contributed by atoms with Gasteiger partial charge >= 0.3 is 5.97 Å². The Kier molecular flexibility index (Phi) is 3.80. The number of benzene rings is 1. The highest BCUT2D eigenvalue weighted by atomic mass is 35.5. The molecule has 0 saturated carbocycles. The lowest BCUT2D eigenvalue weighted by Crippen LogP contribution is -2.30. The predicted molar refractivity (Wildman–Crippen MR) is 81.3 cm³/mol. The van der Waals surface area contributed by atoms with Crippen LogP contribution in [0.2, 0.25) is 5.02 Å². The number of nitrogens with zero attached hydrogens (tertiary/aromatic N) is 2. The molecule has 116 valence electrons. The summed E-state index contributed by atoms with van der Waals surface area (Å²) in [7, 11) is -3.83. The molecule has 1 aliphatic heterocycles. The van der Waals surface area contributed by atoms with Crippen molar-refractivity contribution in [2.45, 2.75) is 11.3 Å². The zero-order valence-electron chi connectivity index (χ0n) is 11.4. The molecule has 1 aromatic carbocycles. The van der Waals surface area contributed by atoms with Crippen LogP contribution in [0.5, 0.6) is 0 Å². The molecule has 1 aromatic heterocycles. The molecular formula is C14H13ClN2O4S. The van der Waals surface area contributed by atoms with Gasteiger partial charge in [0.2, 0.25) is 10.0 Å². The van der Waals surface area contributed by atoms with Crippen molar-refractivity contribution in [1.29, 1.82) is 0 Å². The summed E-state index contributed by atoms with van der Waals surface area (Å²) in [5.74, 6) is -1.65. The number of aromatic nitrogens is 1. The van der Waals surface area contributed by atoms with Crippen molar-refractivity contribution in [1.82, 2.24) is 9.29 Å². The molecule has 1 N–H and O–H groups in total. The number of pyridine rings is 1. The molecule has 0 bridgehead atoms. The standard InChI is InChI=1S/C14H13ClN2O4S/c15-11-6-9-2-1-4-16-13(9)12(7-11)22(20,21)17-5-3-10(8-17)14(18)19/h1-2,4,6-7,10H,3,5,8H2,(H,18,19). The second-order valence-corrected chi connectivity index (χ2v) is 7.51. The first-order chi connectivity index (χ1) is 10.4. The Labute approximate surface area is 132 Å². The van der Waals surface area contributed by atoms with Crippen LogP contribution in [0.3, 0.4) is 0 Å². The summed E-state index contributed by atoms with van der Waals surface area (Å²) in [4.78, 5) is 15.2. The highest BCUT2D eigenvalue weighted by molar-refractivity contribution is 7.89. The highest BCUT2D eigenvalue weighted by Gasteiger charge is 2.36. The van der Waals surface area contributed by atoms with E-state index in [0.717, 1.165) is 0 Å². The number of hydrogen-bond acceptors (Lipinski definition) is 4. The molecule has 1 atom stereocenters. The Bertz CT molecular complexity index is 853. The third kappa shape index (κ3) is 2.55. The van der Waals surface area contributed by atoms with Crippen molar-refractivity contribution in [3.63, 3.8) is 0 Å². The molecule has 2 heterocycles. The Morgan fingerprint density at radius 3 is 2.86 bits per heavy atom. The van der Waals surface area contributed by atoms with Crippen molar-refractivity contribution < 1.29 is 18.3 Å². The number of fused-ring (bicyclic) bond motifs is 1. The maximum absolute atomic E-state index is 12.8. The minimum Gasteiger partial charge on any atom is -0.481 e. The van der Waals surface area contributed by atoms with Gasteiger partial charge in [0.15, 0.2) is 0 Å². The van der Waals surface area contributed by atoms with Gasteiger partial charge in [0.1, 0.15) is 4.90 Å². The third-order valence-corrected chi connectivity index (χ3v) is 5.85. The van der Waals surface area contributed by atoms with E-state index in [9.17, 15) is 13.2 Å². The topological polar surface area (TPSA) is 87.6 Å². The SMILES string of the molecule is O=C(O)C1CCN(S(=O)(=O)c2cc(Cl)cc3cccnc23)C1. The van der Waals surface area contributed by atoms with E-state index in [-0.39, 0.29) is 18.0 Å². The van der Waals surface area contributed by atoms with Crippen LogP contribution in [0.15, 0.2) is 35.4 Å². The summed E-state index contributed by atoms with van der Waals surface area (Å²) in [6, 6.07) is 6.44.